The molecular formula is C6H6INO. The van der Waals surface area contributed by atoms with Gasteiger partial charge in [-0.25, -0.2) is 0 Å². The Labute approximate surface area is 67.1 Å². The first-order chi connectivity index (χ1) is 4.34. The lowest BCUT2D eigenvalue weighted by Crippen LogP contribution is -1.91. The lowest BCUT2D eigenvalue weighted by molar-refractivity contribution is 0.342. The van der Waals surface area contributed by atoms with Crippen LogP contribution in [0.15, 0.2) is 26.4 Å². The molecule has 0 saturated heterocycles. The Morgan fingerprint density at radius 3 is 2.89 bits per heavy atom. The molecule has 9 heavy (non-hydrogen) atoms. The fraction of sp³-hybridized carbons (Fsp3) is 0.167. The zero-order chi connectivity index (χ0) is 6.69. The number of aliphatic hydroxyl groups is 1. The minimum atomic E-state index is 0.0862. The van der Waals surface area contributed by atoms with Gasteiger partial charge in [-0.2, -0.15) is 0 Å². The van der Waals surface area contributed by atoms with E-state index in [1.165, 1.54) is 0 Å². The maximum Gasteiger partial charge on any atom is 0.0776 e. The molecule has 48 valence electrons. The van der Waals surface area contributed by atoms with Crippen LogP contribution in [0, 0.1) is 0 Å². The second-order valence-corrected chi connectivity index (χ2v) is 2.74. The first-order valence-electron chi connectivity index (χ1n) is 2.56. The summed E-state index contributed by atoms with van der Waals surface area (Å²) in [7, 11) is 0. The summed E-state index contributed by atoms with van der Waals surface area (Å²) in [5.41, 5.74) is 0.963. The Morgan fingerprint density at radius 2 is 2.56 bits per heavy atom. The number of rotatable bonds is 2. The topological polar surface area (TPSA) is 32.6 Å². The van der Waals surface area contributed by atoms with Gasteiger partial charge in [-0.15, -0.1) is 0 Å². The van der Waals surface area contributed by atoms with Gasteiger partial charge in [-0.05, 0) is 28.7 Å². The van der Waals surface area contributed by atoms with Crippen molar-refractivity contribution in [3.05, 3.63) is 21.4 Å². The number of halogens is 1. The summed E-state index contributed by atoms with van der Waals surface area (Å²) in [6.45, 7) is 0.0862. The van der Waals surface area contributed by atoms with Crippen LogP contribution in [0.2, 0.25) is 0 Å². The molecule has 0 aromatic rings. The van der Waals surface area contributed by atoms with E-state index in [1.807, 2.05) is 6.08 Å². The third-order valence-electron chi connectivity index (χ3n) is 0.943. The molecule has 1 N–H and O–H groups in total. The zero-order valence-corrected chi connectivity index (χ0v) is 6.87. The molecule has 3 heteroatoms. The van der Waals surface area contributed by atoms with E-state index in [4.69, 9.17) is 5.11 Å². The van der Waals surface area contributed by atoms with Crippen molar-refractivity contribution in [1.29, 1.82) is 0 Å². The number of allylic oxidation sites excluding steroid dienone is 2. The predicted octanol–water partition coefficient (Wildman–Crippen LogP) is 1.27. The van der Waals surface area contributed by atoms with Gasteiger partial charge in [-0.1, -0.05) is 6.08 Å². The summed E-state index contributed by atoms with van der Waals surface area (Å²) in [5, 5.41) is 8.36. The normalized spacial score (nSPS) is 17.1. The Hall–Kier alpha value is -0.160. The lowest BCUT2D eigenvalue weighted by Gasteiger charge is -2.03. The molecule has 0 spiro atoms. The average Bonchev–Trinajstić information content (AvgIpc) is 1.86. The Morgan fingerprint density at radius 1 is 1.78 bits per heavy atom. The quantitative estimate of drug-likeness (QED) is 0.718. The van der Waals surface area contributed by atoms with Crippen molar-refractivity contribution in [3.8, 4) is 0 Å². The van der Waals surface area contributed by atoms with Crippen molar-refractivity contribution in [2.75, 3.05) is 6.61 Å². The number of hydrogen-bond acceptors (Lipinski definition) is 2. The highest BCUT2D eigenvalue weighted by Crippen LogP contribution is 2.20. The second kappa shape index (κ2) is 3.12. The smallest absolute Gasteiger partial charge is 0.0776 e. The van der Waals surface area contributed by atoms with E-state index in [0.717, 1.165) is 9.28 Å². The molecule has 0 bridgehead atoms. The molecule has 0 unspecified atom stereocenters. The van der Waals surface area contributed by atoms with Crippen molar-refractivity contribution in [3.63, 3.8) is 0 Å². The number of aliphatic hydroxyl groups excluding tert-OH is 1. The molecule has 0 atom stereocenters. The molecule has 1 rings (SSSR count). The van der Waals surface area contributed by atoms with Crippen LogP contribution >= 0.6 is 22.6 Å². The average molecular weight is 235 g/mol. The van der Waals surface area contributed by atoms with Crippen LogP contribution in [0.5, 0.6) is 0 Å². The standard InChI is InChI=1S/C6H6INO/c7-5-4-8-6(5)2-1-3-9/h1-2,4,9H,3H2/b2-1-. The molecule has 1 aliphatic rings. The van der Waals surface area contributed by atoms with Gasteiger partial charge in [0.05, 0.1) is 15.9 Å². The van der Waals surface area contributed by atoms with Gasteiger partial charge in [0, 0.05) is 6.21 Å². The largest absolute Gasteiger partial charge is 0.392 e. The second-order valence-electron chi connectivity index (χ2n) is 1.58. The third kappa shape index (κ3) is 1.62. The summed E-state index contributed by atoms with van der Waals surface area (Å²) in [5.74, 6) is 0. The number of hydrogen-bond donors (Lipinski definition) is 1. The molecule has 0 aromatic carbocycles. The summed E-state index contributed by atoms with van der Waals surface area (Å²) >= 11 is 2.19. The highest BCUT2D eigenvalue weighted by molar-refractivity contribution is 14.1. The van der Waals surface area contributed by atoms with Gasteiger partial charge in [0.15, 0.2) is 0 Å². The minimum absolute atomic E-state index is 0.0862. The SMILES string of the molecule is OC/C=C\C1=C(I)C=N1. The van der Waals surface area contributed by atoms with E-state index < -0.39 is 0 Å². The first kappa shape index (κ1) is 6.95. The van der Waals surface area contributed by atoms with Crippen LogP contribution in [-0.2, 0) is 0 Å². The molecule has 0 amide bonds. The minimum Gasteiger partial charge on any atom is -0.392 e. The van der Waals surface area contributed by atoms with Crippen LogP contribution in [0.3, 0.4) is 0 Å². The van der Waals surface area contributed by atoms with Gasteiger partial charge in [0.2, 0.25) is 0 Å². The Balaban J connectivity index is 2.47. The monoisotopic (exact) mass is 235 g/mol. The fourth-order valence-electron chi connectivity index (χ4n) is 0.475. The molecule has 0 aromatic heterocycles. The molecule has 1 heterocycles. The van der Waals surface area contributed by atoms with Crippen molar-refractivity contribution in [2.45, 2.75) is 0 Å². The zero-order valence-electron chi connectivity index (χ0n) is 4.71. The van der Waals surface area contributed by atoms with Crippen LogP contribution in [-0.4, -0.2) is 17.9 Å². The molecule has 0 radical (unpaired) electrons. The van der Waals surface area contributed by atoms with E-state index in [0.29, 0.717) is 0 Å². The van der Waals surface area contributed by atoms with Gasteiger partial charge in [0.1, 0.15) is 0 Å². The van der Waals surface area contributed by atoms with E-state index >= 15 is 0 Å². The lowest BCUT2D eigenvalue weighted by atomic mass is 10.3. The van der Waals surface area contributed by atoms with Crippen LogP contribution in [0.25, 0.3) is 0 Å². The fourth-order valence-corrected chi connectivity index (χ4v) is 0.933. The molecular weight excluding hydrogens is 229 g/mol. The van der Waals surface area contributed by atoms with E-state index in [9.17, 15) is 0 Å². The Bertz CT molecular complexity index is 193. The summed E-state index contributed by atoms with van der Waals surface area (Å²) in [6, 6.07) is 0. The van der Waals surface area contributed by atoms with Crippen molar-refractivity contribution < 1.29 is 5.11 Å². The van der Waals surface area contributed by atoms with Gasteiger partial charge in [0.25, 0.3) is 0 Å². The molecule has 0 aliphatic carbocycles. The van der Waals surface area contributed by atoms with Crippen LogP contribution in [0.4, 0.5) is 0 Å². The van der Waals surface area contributed by atoms with Crippen LogP contribution < -0.4 is 0 Å². The van der Waals surface area contributed by atoms with Crippen molar-refractivity contribution >= 4 is 28.8 Å². The summed E-state index contributed by atoms with van der Waals surface area (Å²) in [6.07, 6.45) is 5.27. The van der Waals surface area contributed by atoms with Gasteiger partial charge < -0.3 is 5.11 Å². The Kier molecular flexibility index (Phi) is 2.41. The molecule has 1 aliphatic heterocycles. The third-order valence-corrected chi connectivity index (χ3v) is 1.77. The highest BCUT2D eigenvalue weighted by Gasteiger charge is 2.02. The van der Waals surface area contributed by atoms with Gasteiger partial charge >= 0.3 is 0 Å². The molecule has 0 fully saturated rings. The number of aliphatic imine (C=N–C) groups is 1. The maximum atomic E-state index is 8.36. The van der Waals surface area contributed by atoms with Crippen LogP contribution in [0.1, 0.15) is 0 Å². The van der Waals surface area contributed by atoms with E-state index in [1.54, 1.807) is 12.3 Å². The van der Waals surface area contributed by atoms with E-state index in [-0.39, 0.29) is 6.61 Å². The first-order valence-corrected chi connectivity index (χ1v) is 3.63. The molecule has 2 nitrogen and oxygen atoms in total. The highest BCUT2D eigenvalue weighted by atomic mass is 127. The van der Waals surface area contributed by atoms with E-state index in [2.05, 4.69) is 27.6 Å². The predicted molar refractivity (Wildman–Crippen MR) is 45.8 cm³/mol. The molecule has 0 saturated carbocycles. The maximum absolute atomic E-state index is 8.36. The van der Waals surface area contributed by atoms with Gasteiger partial charge in [-0.3, -0.25) is 4.99 Å². The number of nitrogens with zero attached hydrogens (tertiary/aromatic N) is 1. The van der Waals surface area contributed by atoms with Crippen molar-refractivity contribution in [2.24, 2.45) is 4.99 Å². The summed E-state index contributed by atoms with van der Waals surface area (Å²) in [4.78, 5) is 3.94. The summed E-state index contributed by atoms with van der Waals surface area (Å²) < 4.78 is 1.15. The van der Waals surface area contributed by atoms with Crippen molar-refractivity contribution in [1.82, 2.24) is 0 Å².